The van der Waals surface area contributed by atoms with Crippen LogP contribution in [0.25, 0.3) is 0 Å². The van der Waals surface area contributed by atoms with Crippen molar-refractivity contribution >= 4 is 5.91 Å². The van der Waals surface area contributed by atoms with Gasteiger partial charge in [0, 0.05) is 25.5 Å². The van der Waals surface area contributed by atoms with Gasteiger partial charge in [-0.1, -0.05) is 6.07 Å². The average molecular weight is 355 g/mol. The molecule has 2 aromatic rings. The number of amides is 1. The fourth-order valence-corrected chi connectivity index (χ4v) is 3.60. The SMILES string of the molecule is Cc1nc2c(c(=O)[nH]1)CN(C(=O)C(c1cccnc1)N1CCOCC1)C2. The van der Waals surface area contributed by atoms with Crippen molar-refractivity contribution in [1.29, 1.82) is 0 Å². The van der Waals surface area contributed by atoms with Crippen molar-refractivity contribution < 1.29 is 9.53 Å². The number of ether oxygens (including phenoxy) is 1. The minimum absolute atomic E-state index is 0.0325. The number of morpholine rings is 1. The number of aromatic nitrogens is 3. The third-order valence-corrected chi connectivity index (χ3v) is 4.87. The summed E-state index contributed by atoms with van der Waals surface area (Å²) in [6.07, 6.45) is 3.43. The molecule has 0 saturated carbocycles. The van der Waals surface area contributed by atoms with Crippen LogP contribution in [0.5, 0.6) is 0 Å². The van der Waals surface area contributed by atoms with Gasteiger partial charge in [-0.15, -0.1) is 0 Å². The van der Waals surface area contributed by atoms with Crippen molar-refractivity contribution in [1.82, 2.24) is 24.8 Å². The fourth-order valence-electron chi connectivity index (χ4n) is 3.60. The zero-order valence-electron chi connectivity index (χ0n) is 14.6. The number of fused-ring (bicyclic) bond motifs is 1. The number of carbonyl (C=O) groups excluding carboxylic acids is 1. The van der Waals surface area contributed by atoms with Gasteiger partial charge in [0.05, 0.1) is 37.6 Å². The summed E-state index contributed by atoms with van der Waals surface area (Å²) in [6, 6.07) is 3.33. The smallest absolute Gasteiger partial charge is 0.256 e. The number of nitrogens with one attached hydrogen (secondary N) is 1. The number of hydrogen-bond acceptors (Lipinski definition) is 6. The van der Waals surface area contributed by atoms with E-state index in [2.05, 4.69) is 19.9 Å². The summed E-state index contributed by atoms with van der Waals surface area (Å²) in [5.74, 6) is 0.537. The Morgan fingerprint density at radius 2 is 2.12 bits per heavy atom. The van der Waals surface area contributed by atoms with E-state index in [1.807, 2.05) is 12.1 Å². The fraction of sp³-hybridized carbons (Fsp3) is 0.444. The summed E-state index contributed by atoms with van der Waals surface area (Å²) in [4.78, 5) is 40.7. The normalized spacial score (nSPS) is 18.6. The Labute approximate surface area is 150 Å². The van der Waals surface area contributed by atoms with Crippen molar-refractivity contribution in [3.05, 3.63) is 57.5 Å². The van der Waals surface area contributed by atoms with Gasteiger partial charge in [0.15, 0.2) is 0 Å². The van der Waals surface area contributed by atoms with Crippen LogP contribution < -0.4 is 5.56 Å². The number of aromatic amines is 1. The van der Waals surface area contributed by atoms with E-state index in [1.165, 1.54) is 0 Å². The number of aryl methyl sites for hydroxylation is 1. The molecule has 0 bridgehead atoms. The topological polar surface area (TPSA) is 91.4 Å². The molecule has 2 aromatic heterocycles. The van der Waals surface area contributed by atoms with Crippen molar-refractivity contribution in [2.75, 3.05) is 26.3 Å². The van der Waals surface area contributed by atoms with E-state index in [1.54, 1.807) is 24.2 Å². The van der Waals surface area contributed by atoms with Crippen LogP contribution >= 0.6 is 0 Å². The summed E-state index contributed by atoms with van der Waals surface area (Å²) in [5.41, 5.74) is 1.96. The first-order valence-corrected chi connectivity index (χ1v) is 8.72. The quantitative estimate of drug-likeness (QED) is 0.856. The first kappa shape index (κ1) is 16.9. The van der Waals surface area contributed by atoms with Crippen LogP contribution in [0.15, 0.2) is 29.3 Å². The average Bonchev–Trinajstić information content (AvgIpc) is 3.08. The maximum absolute atomic E-state index is 13.4. The highest BCUT2D eigenvalue weighted by molar-refractivity contribution is 5.83. The molecule has 4 rings (SSSR count). The largest absolute Gasteiger partial charge is 0.379 e. The Kier molecular flexibility index (Phi) is 4.52. The highest BCUT2D eigenvalue weighted by atomic mass is 16.5. The van der Waals surface area contributed by atoms with Crippen LogP contribution in [0.3, 0.4) is 0 Å². The lowest BCUT2D eigenvalue weighted by Crippen LogP contribution is -2.46. The Balaban J connectivity index is 1.63. The van der Waals surface area contributed by atoms with E-state index in [9.17, 15) is 9.59 Å². The lowest BCUT2D eigenvalue weighted by molar-refractivity contribution is -0.139. The molecule has 8 nitrogen and oxygen atoms in total. The third-order valence-electron chi connectivity index (χ3n) is 4.87. The van der Waals surface area contributed by atoms with E-state index in [4.69, 9.17) is 4.74 Å². The van der Waals surface area contributed by atoms with Gasteiger partial charge in [-0.3, -0.25) is 19.5 Å². The standard InChI is InChI=1S/C18H21N5O3/c1-12-20-15-11-23(10-14(15)17(24)21-12)18(25)16(13-3-2-4-19-9-13)22-5-7-26-8-6-22/h2-4,9,16H,5-8,10-11H2,1H3,(H,20,21,24). The van der Waals surface area contributed by atoms with Crippen LogP contribution in [0.2, 0.25) is 0 Å². The molecule has 26 heavy (non-hydrogen) atoms. The maximum Gasteiger partial charge on any atom is 0.256 e. The number of nitrogens with zero attached hydrogens (tertiary/aromatic N) is 4. The monoisotopic (exact) mass is 355 g/mol. The molecule has 0 spiro atoms. The Bertz CT molecular complexity index is 861. The number of hydrogen-bond donors (Lipinski definition) is 1. The maximum atomic E-state index is 13.4. The molecule has 8 heteroatoms. The van der Waals surface area contributed by atoms with Gasteiger partial charge in [-0.2, -0.15) is 0 Å². The van der Waals surface area contributed by atoms with Crippen LogP contribution in [0.4, 0.5) is 0 Å². The first-order valence-electron chi connectivity index (χ1n) is 8.72. The zero-order valence-corrected chi connectivity index (χ0v) is 14.6. The van der Waals surface area contributed by atoms with Gasteiger partial charge in [-0.25, -0.2) is 4.98 Å². The molecule has 1 atom stereocenters. The van der Waals surface area contributed by atoms with Crippen molar-refractivity contribution in [3.63, 3.8) is 0 Å². The molecule has 1 saturated heterocycles. The summed E-state index contributed by atoms with van der Waals surface area (Å²) < 4.78 is 5.43. The second-order valence-corrected chi connectivity index (χ2v) is 6.61. The molecule has 1 fully saturated rings. The molecule has 2 aliphatic heterocycles. The Morgan fingerprint density at radius 1 is 1.31 bits per heavy atom. The minimum atomic E-state index is -0.429. The zero-order chi connectivity index (χ0) is 18.1. The second kappa shape index (κ2) is 6.97. The first-order chi connectivity index (χ1) is 12.6. The van der Waals surface area contributed by atoms with Crippen LogP contribution in [-0.4, -0.2) is 57.0 Å². The van der Waals surface area contributed by atoms with Gasteiger partial charge in [0.25, 0.3) is 5.56 Å². The van der Waals surface area contributed by atoms with E-state index >= 15 is 0 Å². The molecular weight excluding hydrogens is 334 g/mol. The molecule has 0 aromatic carbocycles. The highest BCUT2D eigenvalue weighted by Crippen LogP contribution is 2.27. The molecule has 1 amide bonds. The van der Waals surface area contributed by atoms with E-state index in [-0.39, 0.29) is 18.0 Å². The molecule has 2 aliphatic rings. The molecule has 0 aliphatic carbocycles. The third kappa shape index (κ3) is 3.13. The van der Waals surface area contributed by atoms with Crippen molar-refractivity contribution in [2.24, 2.45) is 0 Å². The van der Waals surface area contributed by atoms with Gasteiger partial charge in [0.1, 0.15) is 11.9 Å². The summed E-state index contributed by atoms with van der Waals surface area (Å²) in [6.45, 7) is 4.97. The predicted molar refractivity (Wildman–Crippen MR) is 93.2 cm³/mol. The van der Waals surface area contributed by atoms with Crippen molar-refractivity contribution in [2.45, 2.75) is 26.1 Å². The molecule has 136 valence electrons. The molecular formula is C18H21N5O3. The van der Waals surface area contributed by atoms with E-state index in [0.29, 0.717) is 49.9 Å². The molecule has 0 radical (unpaired) electrons. The van der Waals surface area contributed by atoms with Gasteiger partial charge < -0.3 is 14.6 Å². The van der Waals surface area contributed by atoms with E-state index in [0.717, 1.165) is 5.56 Å². The highest BCUT2D eigenvalue weighted by Gasteiger charge is 2.36. The number of pyridine rings is 1. The van der Waals surface area contributed by atoms with Gasteiger partial charge >= 0.3 is 0 Å². The summed E-state index contributed by atoms with van der Waals surface area (Å²) >= 11 is 0. The lowest BCUT2D eigenvalue weighted by atomic mass is 10.1. The lowest BCUT2D eigenvalue weighted by Gasteiger charge is -2.35. The summed E-state index contributed by atoms with van der Waals surface area (Å²) in [5, 5.41) is 0. The Morgan fingerprint density at radius 3 is 2.85 bits per heavy atom. The molecule has 1 unspecified atom stereocenters. The van der Waals surface area contributed by atoms with Gasteiger partial charge in [0.2, 0.25) is 5.91 Å². The second-order valence-electron chi connectivity index (χ2n) is 6.61. The van der Waals surface area contributed by atoms with Gasteiger partial charge in [-0.05, 0) is 18.6 Å². The number of carbonyl (C=O) groups is 1. The molecule has 4 heterocycles. The van der Waals surface area contributed by atoms with Crippen molar-refractivity contribution in [3.8, 4) is 0 Å². The van der Waals surface area contributed by atoms with Crippen LogP contribution in [-0.2, 0) is 22.6 Å². The molecule has 1 N–H and O–H groups in total. The number of rotatable bonds is 3. The minimum Gasteiger partial charge on any atom is -0.379 e. The predicted octanol–water partition coefficient (Wildman–Crippen LogP) is 0.389. The van der Waals surface area contributed by atoms with Crippen LogP contribution in [0.1, 0.15) is 28.7 Å². The Hall–Kier alpha value is -2.58. The van der Waals surface area contributed by atoms with E-state index < -0.39 is 6.04 Å². The summed E-state index contributed by atoms with van der Waals surface area (Å²) in [7, 11) is 0. The van der Waals surface area contributed by atoms with Crippen LogP contribution in [0, 0.1) is 6.92 Å². The number of H-pyrrole nitrogens is 1.